The summed E-state index contributed by atoms with van der Waals surface area (Å²) in [5.74, 6) is -0.0309. The molecule has 2 N–H and O–H groups in total. The van der Waals surface area contributed by atoms with Gasteiger partial charge >= 0.3 is 5.69 Å². The number of phenols is 1. The second kappa shape index (κ2) is 7.57. The summed E-state index contributed by atoms with van der Waals surface area (Å²) in [7, 11) is 0. The van der Waals surface area contributed by atoms with Crippen LogP contribution in [0, 0.1) is 17.0 Å². The molecule has 0 aromatic heterocycles. The number of nitro benzene ring substituents is 1. The minimum atomic E-state index is -0.747. The number of carbonyl (C=O) groups is 1. The number of hydrogen-bond acceptors (Lipinski definition) is 5. The molecule has 0 unspecified atom stereocenters. The number of phenolic OH excluding ortho intramolecular Hbond substituents is 1. The Bertz CT molecular complexity index is 982. The fraction of sp³-hybridized carbons (Fsp3) is 0.0500. The highest BCUT2D eigenvalue weighted by Gasteiger charge is 2.20. The standard InChI is InChI=1S/C20H16N2O5/c1-13-5-9-15(10-6-13)27-16-11-7-14(8-12-16)21-20(24)17-3-2-4-18(19(17)23)22(25)26/h2-12,23H,1H3,(H,21,24). The Morgan fingerprint density at radius 3 is 2.19 bits per heavy atom. The third-order valence-corrected chi connectivity index (χ3v) is 3.82. The second-order valence-electron chi connectivity index (χ2n) is 5.82. The molecule has 136 valence electrons. The molecule has 0 bridgehead atoms. The van der Waals surface area contributed by atoms with Crippen LogP contribution < -0.4 is 10.1 Å². The average Bonchev–Trinajstić information content (AvgIpc) is 2.65. The number of amides is 1. The van der Waals surface area contributed by atoms with Crippen LogP contribution in [0.5, 0.6) is 17.2 Å². The van der Waals surface area contributed by atoms with E-state index in [0.29, 0.717) is 17.2 Å². The molecular weight excluding hydrogens is 348 g/mol. The maximum atomic E-state index is 12.3. The van der Waals surface area contributed by atoms with E-state index in [-0.39, 0.29) is 5.56 Å². The van der Waals surface area contributed by atoms with E-state index in [1.807, 2.05) is 31.2 Å². The number of aryl methyl sites for hydroxylation is 1. The van der Waals surface area contributed by atoms with E-state index in [9.17, 15) is 20.0 Å². The average molecular weight is 364 g/mol. The van der Waals surface area contributed by atoms with Crippen LogP contribution in [0.25, 0.3) is 0 Å². The molecule has 0 aliphatic carbocycles. The number of rotatable bonds is 5. The first kappa shape index (κ1) is 17.9. The van der Waals surface area contributed by atoms with E-state index in [0.717, 1.165) is 11.6 Å². The summed E-state index contributed by atoms with van der Waals surface area (Å²) in [6.45, 7) is 1.99. The zero-order valence-corrected chi connectivity index (χ0v) is 14.4. The van der Waals surface area contributed by atoms with Crippen molar-refractivity contribution in [3.63, 3.8) is 0 Å². The van der Waals surface area contributed by atoms with Gasteiger partial charge in [0.25, 0.3) is 5.91 Å². The first-order chi connectivity index (χ1) is 12.9. The van der Waals surface area contributed by atoms with Crippen LogP contribution in [-0.2, 0) is 0 Å². The first-order valence-corrected chi connectivity index (χ1v) is 8.06. The monoisotopic (exact) mass is 364 g/mol. The van der Waals surface area contributed by atoms with Gasteiger partial charge in [0.15, 0.2) is 0 Å². The van der Waals surface area contributed by atoms with E-state index >= 15 is 0 Å². The lowest BCUT2D eigenvalue weighted by molar-refractivity contribution is -0.385. The summed E-state index contributed by atoms with van der Waals surface area (Å²) >= 11 is 0. The largest absolute Gasteiger partial charge is 0.502 e. The molecule has 0 heterocycles. The number of nitrogens with one attached hydrogen (secondary N) is 1. The number of para-hydroxylation sites is 1. The lowest BCUT2D eigenvalue weighted by Crippen LogP contribution is -2.12. The zero-order valence-electron chi connectivity index (χ0n) is 14.4. The number of ether oxygens (including phenoxy) is 1. The molecule has 0 radical (unpaired) electrons. The molecule has 0 atom stereocenters. The SMILES string of the molecule is Cc1ccc(Oc2ccc(NC(=O)c3cccc([N+](=O)[O-])c3O)cc2)cc1. The normalized spacial score (nSPS) is 10.3. The molecule has 0 fully saturated rings. The van der Waals surface area contributed by atoms with Gasteiger partial charge in [-0.3, -0.25) is 14.9 Å². The smallest absolute Gasteiger partial charge is 0.311 e. The topological polar surface area (TPSA) is 102 Å². The van der Waals surface area contributed by atoms with Crippen LogP contribution in [0.1, 0.15) is 15.9 Å². The molecule has 1 amide bonds. The van der Waals surface area contributed by atoms with Crippen molar-refractivity contribution in [2.24, 2.45) is 0 Å². The van der Waals surface area contributed by atoms with Crippen molar-refractivity contribution in [1.29, 1.82) is 0 Å². The van der Waals surface area contributed by atoms with Crippen LogP contribution in [0.4, 0.5) is 11.4 Å². The van der Waals surface area contributed by atoms with Crippen molar-refractivity contribution in [3.05, 3.63) is 88.0 Å². The lowest BCUT2D eigenvalue weighted by Gasteiger charge is -2.09. The fourth-order valence-corrected chi connectivity index (χ4v) is 2.41. The molecule has 0 spiro atoms. The summed E-state index contributed by atoms with van der Waals surface area (Å²) in [5, 5.41) is 23.4. The Hall–Kier alpha value is -3.87. The Morgan fingerprint density at radius 1 is 1.00 bits per heavy atom. The van der Waals surface area contributed by atoms with Gasteiger partial charge in [-0.15, -0.1) is 0 Å². The van der Waals surface area contributed by atoms with Crippen LogP contribution >= 0.6 is 0 Å². The lowest BCUT2D eigenvalue weighted by atomic mass is 10.1. The number of benzene rings is 3. The number of hydrogen-bond donors (Lipinski definition) is 2. The molecule has 3 rings (SSSR count). The molecule has 3 aromatic carbocycles. The minimum absolute atomic E-state index is 0.177. The Kier molecular flexibility index (Phi) is 5.03. The third-order valence-electron chi connectivity index (χ3n) is 3.82. The van der Waals surface area contributed by atoms with Gasteiger partial charge in [0.1, 0.15) is 11.5 Å². The highest BCUT2D eigenvalue weighted by atomic mass is 16.6. The molecule has 7 nitrogen and oxygen atoms in total. The van der Waals surface area contributed by atoms with Gasteiger partial charge in [0.05, 0.1) is 10.5 Å². The van der Waals surface area contributed by atoms with E-state index in [1.165, 1.54) is 12.1 Å². The Morgan fingerprint density at radius 2 is 1.59 bits per heavy atom. The highest BCUT2D eigenvalue weighted by Crippen LogP contribution is 2.30. The summed E-state index contributed by atoms with van der Waals surface area (Å²) < 4.78 is 5.71. The minimum Gasteiger partial charge on any atom is -0.502 e. The second-order valence-corrected chi connectivity index (χ2v) is 5.82. The van der Waals surface area contributed by atoms with Crippen molar-refractivity contribution in [3.8, 4) is 17.2 Å². The predicted octanol–water partition coefficient (Wildman–Crippen LogP) is 4.65. The van der Waals surface area contributed by atoms with Crippen molar-refractivity contribution in [2.45, 2.75) is 6.92 Å². The summed E-state index contributed by atoms with van der Waals surface area (Å²) in [4.78, 5) is 22.4. The number of aromatic hydroxyl groups is 1. The molecule has 27 heavy (non-hydrogen) atoms. The van der Waals surface area contributed by atoms with Gasteiger partial charge in [-0.05, 0) is 49.4 Å². The maximum Gasteiger partial charge on any atom is 0.311 e. The fourth-order valence-electron chi connectivity index (χ4n) is 2.41. The molecule has 0 aliphatic heterocycles. The van der Waals surface area contributed by atoms with Crippen molar-refractivity contribution in [1.82, 2.24) is 0 Å². The van der Waals surface area contributed by atoms with Gasteiger partial charge in [-0.2, -0.15) is 0 Å². The predicted molar refractivity (Wildman–Crippen MR) is 100 cm³/mol. The summed E-state index contributed by atoms with van der Waals surface area (Å²) in [6, 6.07) is 18.0. The molecule has 0 saturated carbocycles. The molecule has 3 aromatic rings. The quantitative estimate of drug-likeness (QED) is 0.507. The molecule has 0 saturated heterocycles. The zero-order chi connectivity index (χ0) is 19.4. The highest BCUT2D eigenvalue weighted by molar-refractivity contribution is 6.06. The van der Waals surface area contributed by atoms with Gasteiger partial charge in [-0.1, -0.05) is 23.8 Å². The summed E-state index contributed by atoms with van der Waals surface area (Å²) in [5.41, 5.74) is 0.889. The number of nitro groups is 1. The first-order valence-electron chi connectivity index (χ1n) is 8.06. The number of carbonyl (C=O) groups excluding carboxylic acids is 1. The van der Waals surface area contributed by atoms with Crippen LogP contribution in [-0.4, -0.2) is 15.9 Å². The van der Waals surface area contributed by atoms with Gasteiger partial charge in [-0.25, -0.2) is 0 Å². The van der Waals surface area contributed by atoms with Crippen molar-refractivity contribution in [2.75, 3.05) is 5.32 Å². The van der Waals surface area contributed by atoms with Crippen molar-refractivity contribution < 1.29 is 19.6 Å². The van der Waals surface area contributed by atoms with E-state index in [2.05, 4.69) is 5.32 Å². The number of nitrogens with zero attached hydrogens (tertiary/aromatic N) is 1. The van der Waals surface area contributed by atoms with E-state index in [1.54, 1.807) is 24.3 Å². The molecular formula is C20H16N2O5. The Labute approximate surface area is 155 Å². The Balaban J connectivity index is 1.71. The molecule has 0 aliphatic rings. The van der Waals surface area contributed by atoms with Crippen molar-refractivity contribution >= 4 is 17.3 Å². The van der Waals surface area contributed by atoms with Crippen LogP contribution in [0.2, 0.25) is 0 Å². The third kappa shape index (κ3) is 4.21. The number of anilines is 1. The molecule has 7 heteroatoms. The van der Waals surface area contributed by atoms with Gasteiger partial charge in [0.2, 0.25) is 5.75 Å². The summed E-state index contributed by atoms with van der Waals surface area (Å²) in [6.07, 6.45) is 0. The van der Waals surface area contributed by atoms with Crippen LogP contribution in [0.3, 0.4) is 0 Å². The van der Waals surface area contributed by atoms with E-state index in [4.69, 9.17) is 4.74 Å². The van der Waals surface area contributed by atoms with Gasteiger partial charge < -0.3 is 15.2 Å². The van der Waals surface area contributed by atoms with Gasteiger partial charge in [0, 0.05) is 11.8 Å². The maximum absolute atomic E-state index is 12.3. The van der Waals surface area contributed by atoms with E-state index < -0.39 is 22.3 Å². The van der Waals surface area contributed by atoms with Crippen LogP contribution in [0.15, 0.2) is 66.7 Å².